The van der Waals surface area contributed by atoms with Crippen molar-refractivity contribution in [3.63, 3.8) is 0 Å². The Kier molecular flexibility index (Phi) is 6.49. The Morgan fingerprint density at radius 1 is 0.559 bits per heavy atom. The van der Waals surface area contributed by atoms with Gasteiger partial charge in [0, 0.05) is 49.8 Å². The van der Waals surface area contributed by atoms with Crippen LogP contribution in [0.15, 0.2) is 180 Å². The highest BCUT2D eigenvalue weighted by Crippen LogP contribution is 2.56. The predicted octanol–water partition coefficient (Wildman–Crippen LogP) is 12.9. The standard InChI is InChI=1S/C54H38BN3O/c1-33-25-27-36(28-26-33)58-44-22-12-7-17-37(44)39-31-48(56-45-23-13-9-19-40(45)54(2,3)41-20-10-14-24-46(41)56)51-38-18-8-11-21-43(38)57-47-29-35-30-49(34-15-5-4-6-16-34)59-50(35)32-42(47)55(58)52(39)53(51)57/h4-32H,1-3H3. The molecule has 8 aromatic carbocycles. The van der Waals surface area contributed by atoms with Crippen molar-refractivity contribution in [2.45, 2.75) is 26.2 Å². The van der Waals surface area contributed by atoms with E-state index in [1.54, 1.807) is 0 Å². The minimum Gasteiger partial charge on any atom is -0.456 e. The van der Waals surface area contributed by atoms with Crippen LogP contribution in [0.1, 0.15) is 30.5 Å². The molecule has 0 aliphatic carbocycles. The monoisotopic (exact) mass is 755 g/mol. The Hall–Kier alpha value is -7.24. The van der Waals surface area contributed by atoms with Crippen LogP contribution in [0.3, 0.4) is 0 Å². The van der Waals surface area contributed by atoms with Crippen LogP contribution in [0.5, 0.6) is 0 Å². The van der Waals surface area contributed by atoms with Gasteiger partial charge in [0.05, 0.1) is 28.1 Å². The number of rotatable bonds is 3. The molecule has 0 fully saturated rings. The summed E-state index contributed by atoms with van der Waals surface area (Å²) in [5, 5.41) is 3.59. The summed E-state index contributed by atoms with van der Waals surface area (Å²) < 4.78 is 9.33. The quantitative estimate of drug-likeness (QED) is 0.168. The van der Waals surface area contributed by atoms with E-state index in [2.05, 4.69) is 211 Å². The fraction of sp³-hybridized carbons (Fsp3) is 0.0741. The van der Waals surface area contributed by atoms with Gasteiger partial charge in [0.2, 0.25) is 0 Å². The molecule has 0 saturated carbocycles. The van der Waals surface area contributed by atoms with Crippen LogP contribution in [-0.2, 0) is 5.41 Å². The third kappa shape index (κ3) is 4.34. The number of hydrogen-bond acceptors (Lipinski definition) is 3. The molecule has 5 heterocycles. The topological polar surface area (TPSA) is 24.6 Å². The van der Waals surface area contributed by atoms with Gasteiger partial charge in [-0.15, -0.1) is 0 Å². The number of aryl methyl sites for hydroxylation is 1. The van der Waals surface area contributed by atoms with Gasteiger partial charge in [-0.3, -0.25) is 0 Å². The fourth-order valence-corrected chi connectivity index (χ4v) is 10.7. The summed E-state index contributed by atoms with van der Waals surface area (Å²) >= 11 is 0. The minimum atomic E-state index is -0.170. The number of furan rings is 1. The molecule has 10 aromatic rings. The van der Waals surface area contributed by atoms with E-state index in [4.69, 9.17) is 4.42 Å². The average molecular weight is 756 g/mol. The summed E-state index contributed by atoms with van der Waals surface area (Å²) in [4.78, 5) is 5.14. The number of fused-ring (bicyclic) bond motifs is 11. The summed E-state index contributed by atoms with van der Waals surface area (Å²) in [6.45, 7) is 6.77. The van der Waals surface area contributed by atoms with E-state index in [0.717, 1.165) is 28.0 Å². The molecule has 0 unspecified atom stereocenters. The SMILES string of the molecule is Cc1ccc(N2B3c4cc5oc(-c6ccccc6)cc5cc4-n4c5ccccc5c5c(N6c7ccccc7C(C)(C)c7ccccc76)cc(c3c54)-c3ccccc32)cc1. The van der Waals surface area contributed by atoms with Crippen molar-refractivity contribution in [1.82, 2.24) is 4.57 Å². The molecule has 2 aromatic heterocycles. The van der Waals surface area contributed by atoms with Gasteiger partial charge in [-0.05, 0) is 95.2 Å². The Balaban J connectivity index is 1.21. The molecule has 0 radical (unpaired) electrons. The maximum Gasteiger partial charge on any atom is 0.333 e. The van der Waals surface area contributed by atoms with Crippen molar-refractivity contribution < 1.29 is 4.42 Å². The van der Waals surface area contributed by atoms with Crippen molar-refractivity contribution in [3.8, 4) is 28.1 Å². The fourth-order valence-electron chi connectivity index (χ4n) is 10.7. The zero-order valence-electron chi connectivity index (χ0n) is 33.1. The first-order chi connectivity index (χ1) is 29.0. The maximum absolute atomic E-state index is 6.76. The number of benzene rings is 8. The van der Waals surface area contributed by atoms with E-state index in [1.807, 2.05) is 0 Å². The summed E-state index contributed by atoms with van der Waals surface area (Å²) in [6.07, 6.45) is 0. The van der Waals surface area contributed by atoms with Crippen LogP contribution < -0.4 is 20.6 Å². The zero-order valence-corrected chi connectivity index (χ0v) is 33.1. The third-order valence-electron chi connectivity index (χ3n) is 13.4. The van der Waals surface area contributed by atoms with Gasteiger partial charge in [0.25, 0.3) is 0 Å². The molecule has 0 bridgehead atoms. The van der Waals surface area contributed by atoms with E-state index in [9.17, 15) is 0 Å². The van der Waals surface area contributed by atoms with Crippen molar-refractivity contribution in [1.29, 1.82) is 0 Å². The summed E-state index contributed by atoms with van der Waals surface area (Å²) in [5.41, 5.74) is 20.4. The lowest BCUT2D eigenvalue weighted by Crippen LogP contribution is -2.60. The Labute approximate surface area is 343 Å². The van der Waals surface area contributed by atoms with Crippen LogP contribution in [0.4, 0.5) is 28.4 Å². The molecule has 0 N–H and O–H groups in total. The van der Waals surface area contributed by atoms with E-state index in [-0.39, 0.29) is 12.3 Å². The highest BCUT2D eigenvalue weighted by Gasteiger charge is 2.46. The second kappa shape index (κ2) is 11.7. The number of hydrogen-bond donors (Lipinski definition) is 0. The first-order valence-corrected chi connectivity index (χ1v) is 20.6. The van der Waals surface area contributed by atoms with Gasteiger partial charge >= 0.3 is 6.85 Å². The largest absolute Gasteiger partial charge is 0.456 e. The molecule has 5 heteroatoms. The smallest absolute Gasteiger partial charge is 0.333 e. The third-order valence-corrected chi connectivity index (χ3v) is 13.4. The zero-order chi connectivity index (χ0) is 39.1. The van der Waals surface area contributed by atoms with Crippen LogP contribution in [0.25, 0.3) is 60.9 Å². The lowest BCUT2D eigenvalue weighted by Gasteiger charge is -2.44. The second-order valence-corrected chi connectivity index (χ2v) is 17.0. The van der Waals surface area contributed by atoms with Gasteiger partial charge in [0.15, 0.2) is 0 Å². The van der Waals surface area contributed by atoms with E-state index in [1.165, 1.54) is 89.0 Å². The van der Waals surface area contributed by atoms with Crippen molar-refractivity contribution in [2.24, 2.45) is 0 Å². The van der Waals surface area contributed by atoms with E-state index in [0.29, 0.717) is 0 Å². The van der Waals surface area contributed by atoms with Crippen LogP contribution in [0, 0.1) is 6.92 Å². The van der Waals surface area contributed by atoms with Gasteiger partial charge in [-0.25, -0.2) is 0 Å². The molecule has 3 aliphatic heterocycles. The van der Waals surface area contributed by atoms with Crippen LogP contribution in [-0.4, -0.2) is 11.4 Å². The predicted molar refractivity (Wildman–Crippen MR) is 247 cm³/mol. The summed E-state index contributed by atoms with van der Waals surface area (Å²) in [5.74, 6) is 0.876. The lowest BCUT2D eigenvalue weighted by molar-refractivity contribution is 0.631. The molecule has 13 rings (SSSR count). The van der Waals surface area contributed by atoms with Crippen molar-refractivity contribution >= 4 is 79.0 Å². The highest BCUT2D eigenvalue weighted by atomic mass is 16.3. The van der Waals surface area contributed by atoms with E-state index >= 15 is 0 Å². The molecule has 4 nitrogen and oxygen atoms in total. The molecule has 278 valence electrons. The number of aromatic nitrogens is 1. The number of para-hydroxylation sites is 4. The van der Waals surface area contributed by atoms with Gasteiger partial charge in [-0.1, -0.05) is 135 Å². The first kappa shape index (κ1) is 32.8. The molecule has 3 aliphatic rings. The van der Waals surface area contributed by atoms with E-state index < -0.39 is 0 Å². The molecular formula is C54H38BN3O. The molecular weight excluding hydrogens is 717 g/mol. The maximum atomic E-state index is 6.76. The van der Waals surface area contributed by atoms with Gasteiger partial charge in [0.1, 0.15) is 11.3 Å². The Morgan fingerprint density at radius 2 is 1.22 bits per heavy atom. The summed E-state index contributed by atoms with van der Waals surface area (Å²) in [6, 6.07) is 65.0. The Morgan fingerprint density at radius 3 is 1.98 bits per heavy atom. The molecule has 0 saturated heterocycles. The van der Waals surface area contributed by atoms with Gasteiger partial charge < -0.3 is 18.7 Å². The normalized spacial score (nSPS) is 14.4. The lowest BCUT2D eigenvalue weighted by atomic mass is 9.44. The van der Waals surface area contributed by atoms with Crippen LogP contribution in [0.2, 0.25) is 0 Å². The average Bonchev–Trinajstić information content (AvgIpc) is 3.86. The minimum absolute atomic E-state index is 0.125. The summed E-state index contributed by atoms with van der Waals surface area (Å²) in [7, 11) is 0. The Bertz CT molecular complexity index is 3340. The van der Waals surface area contributed by atoms with Crippen molar-refractivity contribution in [3.05, 3.63) is 193 Å². The molecule has 0 amide bonds. The van der Waals surface area contributed by atoms with Crippen LogP contribution >= 0.6 is 0 Å². The number of nitrogens with zero attached hydrogens (tertiary/aromatic N) is 3. The molecule has 0 atom stereocenters. The highest BCUT2D eigenvalue weighted by molar-refractivity contribution is 6.94. The second-order valence-electron chi connectivity index (χ2n) is 17.0. The van der Waals surface area contributed by atoms with Gasteiger partial charge in [-0.2, -0.15) is 0 Å². The van der Waals surface area contributed by atoms with Crippen molar-refractivity contribution in [2.75, 3.05) is 9.71 Å². The molecule has 0 spiro atoms. The molecule has 59 heavy (non-hydrogen) atoms. The first-order valence-electron chi connectivity index (χ1n) is 20.6. The number of anilines is 5.